The van der Waals surface area contributed by atoms with Crippen LogP contribution in [-0.2, 0) is 11.3 Å². The van der Waals surface area contributed by atoms with Crippen molar-refractivity contribution in [3.05, 3.63) is 47.3 Å². The Morgan fingerprint density at radius 2 is 2.05 bits per heavy atom. The molecule has 0 aliphatic rings. The molecule has 1 aromatic heterocycles. The number of carbonyl (C=O) groups excluding carboxylic acids is 1. The first-order valence-corrected chi connectivity index (χ1v) is 6.18. The average Bonchev–Trinajstić information content (AvgIpc) is 2.81. The largest absolute Gasteiger partial charge is 0.461 e. The molecule has 0 atom stereocenters. The number of hydrogen-bond donors (Lipinski definition) is 1. The van der Waals surface area contributed by atoms with Gasteiger partial charge in [-0.15, -0.1) is 0 Å². The van der Waals surface area contributed by atoms with E-state index < -0.39 is 0 Å². The minimum Gasteiger partial charge on any atom is -0.461 e. The molecule has 5 heteroatoms. The normalized spacial score (nSPS) is 10.5. The lowest BCUT2D eigenvalue weighted by Gasteiger charge is -2.08. The quantitative estimate of drug-likeness (QED) is 0.850. The number of nitrogens with two attached hydrogens (primary N) is 1. The Kier molecular flexibility index (Phi) is 3.97. The molecule has 0 saturated heterocycles. The van der Waals surface area contributed by atoms with Crippen molar-refractivity contribution in [1.82, 2.24) is 9.78 Å². The number of esters is 1. The summed E-state index contributed by atoms with van der Waals surface area (Å²) in [6.07, 6.45) is 1.66. The molecule has 19 heavy (non-hydrogen) atoms. The molecule has 5 nitrogen and oxygen atoms in total. The van der Waals surface area contributed by atoms with Crippen LogP contribution in [0, 0.1) is 6.92 Å². The zero-order valence-electron chi connectivity index (χ0n) is 11.1. The smallest absolute Gasteiger partial charge is 0.357 e. The molecule has 1 heterocycles. The van der Waals surface area contributed by atoms with Crippen molar-refractivity contribution in [3.8, 4) is 5.69 Å². The molecule has 2 rings (SSSR count). The summed E-state index contributed by atoms with van der Waals surface area (Å²) in [5, 5.41) is 4.23. The van der Waals surface area contributed by atoms with Gasteiger partial charge >= 0.3 is 5.97 Å². The molecule has 0 spiro atoms. The highest BCUT2D eigenvalue weighted by Gasteiger charge is 2.18. The average molecular weight is 259 g/mol. The number of hydrogen-bond acceptors (Lipinski definition) is 4. The predicted octanol–water partition coefficient (Wildman–Crippen LogP) is 1.82. The Morgan fingerprint density at radius 3 is 2.63 bits per heavy atom. The lowest BCUT2D eigenvalue weighted by Crippen LogP contribution is -2.13. The van der Waals surface area contributed by atoms with E-state index in [1.807, 2.05) is 31.2 Å². The zero-order chi connectivity index (χ0) is 13.8. The van der Waals surface area contributed by atoms with Crippen LogP contribution in [-0.4, -0.2) is 22.4 Å². The number of benzene rings is 1. The Labute approximate surface area is 112 Å². The first kappa shape index (κ1) is 13.3. The molecule has 0 radical (unpaired) electrons. The highest BCUT2D eigenvalue weighted by Crippen LogP contribution is 2.16. The Balaban J connectivity index is 2.41. The summed E-state index contributed by atoms with van der Waals surface area (Å²) >= 11 is 0. The van der Waals surface area contributed by atoms with Crippen molar-refractivity contribution in [1.29, 1.82) is 0 Å². The topological polar surface area (TPSA) is 70.1 Å². The van der Waals surface area contributed by atoms with E-state index in [0.29, 0.717) is 18.8 Å². The number of ether oxygens (including phenoxy) is 1. The van der Waals surface area contributed by atoms with Gasteiger partial charge in [-0.1, -0.05) is 12.1 Å². The van der Waals surface area contributed by atoms with Gasteiger partial charge in [-0.25, -0.2) is 9.48 Å². The molecular formula is C14H17N3O2. The van der Waals surface area contributed by atoms with E-state index in [1.54, 1.807) is 17.8 Å². The molecule has 100 valence electrons. The summed E-state index contributed by atoms with van der Waals surface area (Å²) in [7, 11) is 0. The van der Waals surface area contributed by atoms with Crippen molar-refractivity contribution in [2.45, 2.75) is 20.4 Å². The highest BCUT2D eigenvalue weighted by molar-refractivity contribution is 5.89. The third kappa shape index (κ3) is 2.66. The van der Waals surface area contributed by atoms with Crippen molar-refractivity contribution in [3.63, 3.8) is 0 Å². The third-order valence-corrected chi connectivity index (χ3v) is 2.84. The van der Waals surface area contributed by atoms with Crippen LogP contribution in [0.3, 0.4) is 0 Å². The van der Waals surface area contributed by atoms with Gasteiger partial charge in [0.1, 0.15) is 0 Å². The number of carbonyl (C=O) groups is 1. The molecule has 0 aliphatic heterocycles. The molecule has 0 fully saturated rings. The second-order valence-corrected chi connectivity index (χ2v) is 4.18. The standard InChI is InChI=1S/C14H17N3O2/c1-3-19-14(18)13-10(2)9-16-17(13)12-6-4-11(8-15)5-7-12/h4-7,9H,3,8,15H2,1-2H3. The van der Waals surface area contributed by atoms with Crippen molar-refractivity contribution < 1.29 is 9.53 Å². The summed E-state index contributed by atoms with van der Waals surface area (Å²) in [4.78, 5) is 11.9. The van der Waals surface area contributed by atoms with Crippen LogP contribution in [0.5, 0.6) is 0 Å². The van der Waals surface area contributed by atoms with Crippen molar-refractivity contribution in [2.75, 3.05) is 6.61 Å². The Hall–Kier alpha value is -2.14. The lowest BCUT2D eigenvalue weighted by atomic mass is 10.2. The minimum atomic E-state index is -0.361. The number of nitrogens with zero attached hydrogens (tertiary/aromatic N) is 2. The SMILES string of the molecule is CCOC(=O)c1c(C)cnn1-c1ccc(CN)cc1. The van der Waals surface area contributed by atoms with E-state index in [-0.39, 0.29) is 5.97 Å². The van der Waals surface area contributed by atoms with E-state index in [2.05, 4.69) is 5.10 Å². The maximum atomic E-state index is 11.9. The second kappa shape index (κ2) is 5.67. The predicted molar refractivity (Wildman–Crippen MR) is 72.1 cm³/mol. The molecule has 2 aromatic rings. The fraction of sp³-hybridized carbons (Fsp3) is 0.286. The number of rotatable bonds is 4. The first-order chi connectivity index (χ1) is 9.17. The van der Waals surface area contributed by atoms with E-state index in [4.69, 9.17) is 10.5 Å². The molecule has 0 aliphatic carbocycles. The Bertz CT molecular complexity index is 573. The third-order valence-electron chi connectivity index (χ3n) is 2.84. The second-order valence-electron chi connectivity index (χ2n) is 4.18. The zero-order valence-corrected chi connectivity index (χ0v) is 11.1. The van der Waals surface area contributed by atoms with E-state index in [9.17, 15) is 4.79 Å². The molecule has 0 unspecified atom stereocenters. The van der Waals surface area contributed by atoms with Gasteiger partial charge < -0.3 is 10.5 Å². The van der Waals surface area contributed by atoms with Crippen LogP contribution in [0.15, 0.2) is 30.5 Å². The summed E-state index contributed by atoms with van der Waals surface area (Å²) in [6, 6.07) is 7.61. The fourth-order valence-corrected chi connectivity index (χ4v) is 1.85. The fourth-order valence-electron chi connectivity index (χ4n) is 1.85. The summed E-state index contributed by atoms with van der Waals surface area (Å²) in [5.41, 5.74) is 8.66. The molecular weight excluding hydrogens is 242 g/mol. The molecule has 0 saturated carbocycles. The van der Waals surface area contributed by atoms with Gasteiger partial charge in [0, 0.05) is 12.1 Å². The van der Waals surface area contributed by atoms with Gasteiger partial charge in [0.15, 0.2) is 5.69 Å². The molecule has 2 N–H and O–H groups in total. The van der Waals surface area contributed by atoms with Gasteiger partial charge in [0.05, 0.1) is 18.5 Å². The van der Waals surface area contributed by atoms with E-state index >= 15 is 0 Å². The van der Waals surface area contributed by atoms with Crippen LogP contribution in [0.1, 0.15) is 28.5 Å². The highest BCUT2D eigenvalue weighted by atomic mass is 16.5. The van der Waals surface area contributed by atoms with Gasteiger partial charge in [-0.05, 0) is 31.5 Å². The van der Waals surface area contributed by atoms with E-state index in [0.717, 1.165) is 16.8 Å². The monoisotopic (exact) mass is 259 g/mol. The summed E-state index contributed by atoms with van der Waals surface area (Å²) < 4.78 is 6.65. The van der Waals surface area contributed by atoms with Crippen molar-refractivity contribution in [2.24, 2.45) is 5.73 Å². The molecule has 1 aromatic carbocycles. The van der Waals surface area contributed by atoms with Gasteiger partial charge in [0.25, 0.3) is 0 Å². The number of aryl methyl sites for hydroxylation is 1. The van der Waals surface area contributed by atoms with Crippen LogP contribution in [0.2, 0.25) is 0 Å². The molecule has 0 bridgehead atoms. The van der Waals surface area contributed by atoms with Crippen LogP contribution >= 0.6 is 0 Å². The first-order valence-electron chi connectivity index (χ1n) is 6.18. The lowest BCUT2D eigenvalue weighted by molar-refractivity contribution is 0.0515. The van der Waals surface area contributed by atoms with Crippen LogP contribution < -0.4 is 5.73 Å². The summed E-state index contributed by atoms with van der Waals surface area (Å²) in [6.45, 7) is 4.45. The van der Waals surface area contributed by atoms with Crippen LogP contribution in [0.25, 0.3) is 5.69 Å². The summed E-state index contributed by atoms with van der Waals surface area (Å²) in [5.74, 6) is -0.361. The van der Waals surface area contributed by atoms with Gasteiger partial charge in [0.2, 0.25) is 0 Å². The maximum absolute atomic E-state index is 11.9. The molecule has 0 amide bonds. The van der Waals surface area contributed by atoms with Gasteiger partial charge in [-0.3, -0.25) is 0 Å². The van der Waals surface area contributed by atoms with Gasteiger partial charge in [-0.2, -0.15) is 5.10 Å². The maximum Gasteiger partial charge on any atom is 0.357 e. The Morgan fingerprint density at radius 1 is 1.37 bits per heavy atom. The number of aromatic nitrogens is 2. The van der Waals surface area contributed by atoms with E-state index in [1.165, 1.54) is 0 Å². The van der Waals surface area contributed by atoms with Crippen LogP contribution in [0.4, 0.5) is 0 Å². The van der Waals surface area contributed by atoms with Crippen molar-refractivity contribution >= 4 is 5.97 Å². The minimum absolute atomic E-state index is 0.343.